The molecule has 0 saturated heterocycles. The first-order valence-corrected chi connectivity index (χ1v) is 8.66. The largest absolute Gasteiger partial charge is 0.493 e. The highest BCUT2D eigenvalue weighted by molar-refractivity contribution is 7.71. The van der Waals surface area contributed by atoms with Gasteiger partial charge in [0, 0.05) is 17.3 Å². The van der Waals surface area contributed by atoms with Crippen LogP contribution in [0.15, 0.2) is 42.5 Å². The molecule has 8 heteroatoms. The van der Waals surface area contributed by atoms with Gasteiger partial charge in [-0.25, -0.2) is 0 Å². The molecule has 0 fully saturated rings. The molecule has 2 aromatic carbocycles. The van der Waals surface area contributed by atoms with E-state index in [4.69, 9.17) is 21.7 Å². The Morgan fingerprint density at radius 3 is 2.52 bits per heavy atom. The van der Waals surface area contributed by atoms with Crippen LogP contribution in [0.3, 0.4) is 0 Å². The molecule has 140 valence electrons. The van der Waals surface area contributed by atoms with Gasteiger partial charge >= 0.3 is 0 Å². The van der Waals surface area contributed by atoms with Gasteiger partial charge in [0.15, 0.2) is 22.1 Å². The number of nitrogens with one attached hydrogen (secondary N) is 2. The van der Waals surface area contributed by atoms with E-state index in [9.17, 15) is 4.79 Å². The number of methoxy groups -OCH3 is 2. The van der Waals surface area contributed by atoms with E-state index in [1.807, 2.05) is 31.2 Å². The van der Waals surface area contributed by atoms with Crippen molar-refractivity contribution in [2.75, 3.05) is 19.5 Å². The first-order chi connectivity index (χ1) is 13.0. The minimum absolute atomic E-state index is 0.0346. The molecule has 0 radical (unpaired) electrons. The zero-order valence-electron chi connectivity index (χ0n) is 15.3. The summed E-state index contributed by atoms with van der Waals surface area (Å²) in [6.45, 7) is 2.05. The second kappa shape index (κ2) is 8.05. The molecular weight excluding hydrogens is 364 g/mol. The van der Waals surface area contributed by atoms with Crippen molar-refractivity contribution in [3.8, 4) is 22.9 Å². The number of rotatable bonds is 6. The Kier molecular flexibility index (Phi) is 5.56. The molecule has 3 aromatic rings. The molecule has 0 spiro atoms. The van der Waals surface area contributed by atoms with Crippen LogP contribution < -0.4 is 14.8 Å². The summed E-state index contributed by atoms with van der Waals surface area (Å²) in [5, 5.41) is 9.85. The van der Waals surface area contributed by atoms with Gasteiger partial charge in [-0.3, -0.25) is 14.5 Å². The maximum absolute atomic E-state index is 12.5. The molecule has 0 aliphatic heterocycles. The molecule has 1 amide bonds. The number of carbonyl (C=O) groups excluding carboxylic acids is 1. The van der Waals surface area contributed by atoms with E-state index in [1.165, 1.54) is 0 Å². The molecule has 0 atom stereocenters. The van der Waals surface area contributed by atoms with Crippen molar-refractivity contribution in [2.24, 2.45) is 0 Å². The number of hydrogen-bond donors (Lipinski definition) is 2. The van der Waals surface area contributed by atoms with Gasteiger partial charge in [0.2, 0.25) is 5.91 Å². The number of aromatic nitrogens is 3. The van der Waals surface area contributed by atoms with Gasteiger partial charge in [-0.05, 0) is 31.3 Å². The van der Waals surface area contributed by atoms with Crippen LogP contribution in [0, 0.1) is 11.7 Å². The number of carbonyl (C=O) groups is 1. The second-order valence-corrected chi connectivity index (χ2v) is 6.31. The van der Waals surface area contributed by atoms with Gasteiger partial charge in [-0.1, -0.05) is 29.8 Å². The third kappa shape index (κ3) is 4.17. The lowest BCUT2D eigenvalue weighted by atomic mass is 10.1. The fraction of sp³-hybridized carbons (Fsp3) is 0.211. The Balaban J connectivity index is 1.80. The fourth-order valence-electron chi connectivity index (χ4n) is 2.65. The van der Waals surface area contributed by atoms with Crippen molar-refractivity contribution in [2.45, 2.75) is 13.5 Å². The number of ether oxygens (including phenoxy) is 2. The van der Waals surface area contributed by atoms with E-state index >= 15 is 0 Å². The van der Waals surface area contributed by atoms with E-state index in [0.717, 1.165) is 11.1 Å². The summed E-state index contributed by atoms with van der Waals surface area (Å²) in [5.41, 5.74) is 2.63. The quantitative estimate of drug-likeness (QED) is 0.635. The number of hydrogen-bond acceptors (Lipinski definition) is 5. The van der Waals surface area contributed by atoms with Gasteiger partial charge in [-0.15, -0.1) is 0 Å². The average Bonchev–Trinajstić information content (AvgIpc) is 3.02. The SMILES string of the molecule is COc1ccc(NC(=O)Cn2c(-c3ccc(C)cc3)n[nH]c2=S)cc1OC. The van der Waals surface area contributed by atoms with Crippen molar-refractivity contribution in [1.82, 2.24) is 14.8 Å². The van der Waals surface area contributed by atoms with Crippen LogP contribution in [0.1, 0.15) is 5.56 Å². The lowest BCUT2D eigenvalue weighted by molar-refractivity contribution is -0.116. The number of nitrogens with zero attached hydrogens (tertiary/aromatic N) is 2. The van der Waals surface area contributed by atoms with Crippen LogP contribution in [0.4, 0.5) is 5.69 Å². The highest BCUT2D eigenvalue weighted by Gasteiger charge is 2.13. The van der Waals surface area contributed by atoms with E-state index < -0.39 is 0 Å². The van der Waals surface area contributed by atoms with Gasteiger partial charge in [-0.2, -0.15) is 5.10 Å². The predicted octanol–water partition coefficient (Wildman–Crippen LogP) is 3.57. The maximum atomic E-state index is 12.5. The minimum atomic E-state index is -0.229. The molecule has 0 aliphatic carbocycles. The van der Waals surface area contributed by atoms with Gasteiger partial charge in [0.25, 0.3) is 0 Å². The summed E-state index contributed by atoms with van der Waals surface area (Å²) in [6.07, 6.45) is 0. The summed E-state index contributed by atoms with van der Waals surface area (Å²) in [4.78, 5) is 12.5. The molecule has 7 nitrogen and oxygen atoms in total. The maximum Gasteiger partial charge on any atom is 0.244 e. The molecule has 0 unspecified atom stereocenters. The van der Waals surface area contributed by atoms with E-state index in [0.29, 0.717) is 27.8 Å². The second-order valence-electron chi connectivity index (χ2n) is 5.92. The third-order valence-electron chi connectivity index (χ3n) is 4.04. The number of amides is 1. The summed E-state index contributed by atoms with van der Waals surface area (Å²) < 4.78 is 12.5. The van der Waals surface area contributed by atoms with Crippen LogP contribution in [0.5, 0.6) is 11.5 Å². The van der Waals surface area contributed by atoms with E-state index in [2.05, 4.69) is 15.5 Å². The van der Waals surface area contributed by atoms with Gasteiger partial charge in [0.1, 0.15) is 6.54 Å². The Hall–Kier alpha value is -3.13. The zero-order chi connectivity index (χ0) is 19.4. The van der Waals surface area contributed by atoms with E-state index in [-0.39, 0.29) is 12.5 Å². The molecule has 2 N–H and O–H groups in total. The van der Waals surface area contributed by atoms with Crippen LogP contribution in [-0.4, -0.2) is 34.9 Å². The standard InChI is InChI=1S/C19H20N4O3S/c1-12-4-6-13(7-5-12)18-21-22-19(27)23(18)11-17(24)20-14-8-9-15(25-2)16(10-14)26-3/h4-10H,11H2,1-3H3,(H,20,24)(H,22,27). The van der Waals surface area contributed by atoms with Crippen molar-refractivity contribution >= 4 is 23.8 Å². The number of aromatic amines is 1. The van der Waals surface area contributed by atoms with Crippen LogP contribution in [0.2, 0.25) is 0 Å². The molecule has 27 heavy (non-hydrogen) atoms. The van der Waals surface area contributed by atoms with Gasteiger partial charge < -0.3 is 14.8 Å². The fourth-order valence-corrected chi connectivity index (χ4v) is 2.84. The Labute approximate surface area is 161 Å². The molecule has 1 heterocycles. The van der Waals surface area contributed by atoms with Crippen molar-refractivity contribution < 1.29 is 14.3 Å². The molecule has 0 bridgehead atoms. The molecule has 1 aromatic heterocycles. The summed E-state index contributed by atoms with van der Waals surface area (Å²) in [5.74, 6) is 1.51. The van der Waals surface area contributed by atoms with Gasteiger partial charge in [0.05, 0.1) is 14.2 Å². The Morgan fingerprint density at radius 1 is 1.15 bits per heavy atom. The minimum Gasteiger partial charge on any atom is -0.493 e. The molecule has 0 aliphatic rings. The zero-order valence-corrected chi connectivity index (χ0v) is 16.1. The number of H-pyrrole nitrogens is 1. The smallest absolute Gasteiger partial charge is 0.244 e. The topological polar surface area (TPSA) is 81.2 Å². The molecule has 0 saturated carbocycles. The van der Waals surface area contributed by atoms with Crippen molar-refractivity contribution in [3.63, 3.8) is 0 Å². The van der Waals surface area contributed by atoms with Crippen LogP contribution >= 0.6 is 12.2 Å². The molecule has 3 rings (SSSR count). The van der Waals surface area contributed by atoms with Crippen LogP contribution in [-0.2, 0) is 11.3 Å². The highest BCUT2D eigenvalue weighted by Crippen LogP contribution is 2.29. The number of anilines is 1. The lowest BCUT2D eigenvalue weighted by Gasteiger charge is -2.11. The first kappa shape index (κ1) is 18.7. The monoisotopic (exact) mass is 384 g/mol. The molecular formula is C19H20N4O3S. The Bertz CT molecular complexity index is 1010. The third-order valence-corrected chi connectivity index (χ3v) is 4.35. The summed E-state index contributed by atoms with van der Waals surface area (Å²) in [7, 11) is 3.10. The summed E-state index contributed by atoms with van der Waals surface area (Å²) >= 11 is 5.28. The summed E-state index contributed by atoms with van der Waals surface area (Å²) in [6, 6.07) is 13.0. The Morgan fingerprint density at radius 2 is 1.85 bits per heavy atom. The van der Waals surface area contributed by atoms with E-state index in [1.54, 1.807) is 37.0 Å². The predicted molar refractivity (Wildman–Crippen MR) is 106 cm³/mol. The normalized spacial score (nSPS) is 10.5. The average molecular weight is 384 g/mol. The lowest BCUT2D eigenvalue weighted by Crippen LogP contribution is -2.19. The first-order valence-electron chi connectivity index (χ1n) is 8.26. The number of benzene rings is 2. The van der Waals surface area contributed by atoms with Crippen LogP contribution in [0.25, 0.3) is 11.4 Å². The van der Waals surface area contributed by atoms with Crippen molar-refractivity contribution in [3.05, 3.63) is 52.8 Å². The highest BCUT2D eigenvalue weighted by atomic mass is 32.1. The number of aryl methyl sites for hydroxylation is 1. The van der Waals surface area contributed by atoms with Crippen molar-refractivity contribution in [1.29, 1.82) is 0 Å².